The average Bonchev–Trinajstić information content (AvgIpc) is 2.23. The number of nitrogens with zero attached hydrogens (tertiary/aromatic N) is 1. The molecule has 80 valence electrons. The topological polar surface area (TPSA) is 42.2 Å². The molecule has 1 rings (SSSR count). The van der Waals surface area contributed by atoms with Crippen molar-refractivity contribution in [3.05, 3.63) is 29.3 Å². The zero-order valence-electron chi connectivity index (χ0n) is 9.12. The first-order chi connectivity index (χ1) is 7.31. The minimum Gasteiger partial charge on any atom is -0.493 e. The summed E-state index contributed by atoms with van der Waals surface area (Å²) < 4.78 is 10.6. The van der Waals surface area contributed by atoms with Crippen molar-refractivity contribution in [1.82, 2.24) is 0 Å². The van der Waals surface area contributed by atoms with E-state index >= 15 is 0 Å². The molecule has 0 aliphatic carbocycles. The maximum absolute atomic E-state index is 8.60. The Hall–Kier alpha value is -1.53. The smallest absolute Gasteiger partial charge is 0.125 e. The van der Waals surface area contributed by atoms with E-state index in [0.717, 1.165) is 16.9 Å². The van der Waals surface area contributed by atoms with E-state index in [2.05, 4.69) is 6.07 Å². The van der Waals surface area contributed by atoms with Crippen molar-refractivity contribution in [1.29, 1.82) is 5.26 Å². The first kappa shape index (κ1) is 11.5. The highest BCUT2D eigenvalue weighted by molar-refractivity contribution is 5.38. The van der Waals surface area contributed by atoms with Gasteiger partial charge in [0, 0.05) is 12.7 Å². The molecule has 3 nitrogen and oxygen atoms in total. The van der Waals surface area contributed by atoms with Crippen LogP contribution in [0.3, 0.4) is 0 Å². The molecule has 0 fully saturated rings. The number of nitriles is 1. The highest BCUT2D eigenvalue weighted by Gasteiger charge is 2.04. The summed E-state index contributed by atoms with van der Waals surface area (Å²) in [5.41, 5.74) is 1.99. The SMILES string of the molecule is CCOc1cc(CC#N)ccc1COC. The Kier molecular flexibility index (Phi) is 4.65. The lowest BCUT2D eigenvalue weighted by molar-refractivity contribution is 0.180. The second kappa shape index (κ2) is 6.05. The molecule has 1 aromatic rings. The van der Waals surface area contributed by atoms with Gasteiger partial charge in [-0.05, 0) is 18.6 Å². The molecule has 3 heteroatoms. The molecule has 0 aliphatic heterocycles. The van der Waals surface area contributed by atoms with Gasteiger partial charge in [-0.15, -0.1) is 0 Å². The minimum absolute atomic E-state index is 0.410. The van der Waals surface area contributed by atoms with Crippen LogP contribution in [-0.2, 0) is 17.8 Å². The number of rotatable bonds is 5. The predicted molar refractivity (Wildman–Crippen MR) is 57.6 cm³/mol. The van der Waals surface area contributed by atoms with Gasteiger partial charge in [-0.3, -0.25) is 0 Å². The van der Waals surface area contributed by atoms with E-state index in [4.69, 9.17) is 14.7 Å². The average molecular weight is 205 g/mol. The lowest BCUT2D eigenvalue weighted by Gasteiger charge is -2.10. The van der Waals surface area contributed by atoms with E-state index in [9.17, 15) is 0 Å². The Morgan fingerprint density at radius 3 is 2.80 bits per heavy atom. The Morgan fingerprint density at radius 2 is 2.20 bits per heavy atom. The van der Waals surface area contributed by atoms with Crippen molar-refractivity contribution in [3.63, 3.8) is 0 Å². The zero-order valence-corrected chi connectivity index (χ0v) is 9.12. The van der Waals surface area contributed by atoms with E-state index in [0.29, 0.717) is 19.6 Å². The van der Waals surface area contributed by atoms with Crippen molar-refractivity contribution in [2.24, 2.45) is 0 Å². The van der Waals surface area contributed by atoms with Crippen LogP contribution in [0, 0.1) is 11.3 Å². The van der Waals surface area contributed by atoms with Crippen LogP contribution in [0.1, 0.15) is 18.1 Å². The summed E-state index contributed by atoms with van der Waals surface area (Å²) in [6.07, 6.45) is 0.410. The molecule has 1 aromatic carbocycles. The maximum atomic E-state index is 8.60. The van der Waals surface area contributed by atoms with E-state index in [1.54, 1.807) is 7.11 Å². The molecule has 0 aliphatic rings. The van der Waals surface area contributed by atoms with Gasteiger partial charge in [0.05, 0.1) is 25.7 Å². The molecule has 0 heterocycles. The third-order valence-electron chi connectivity index (χ3n) is 2.01. The van der Waals surface area contributed by atoms with Gasteiger partial charge in [-0.2, -0.15) is 5.26 Å². The first-order valence-electron chi connectivity index (χ1n) is 4.92. The van der Waals surface area contributed by atoms with Crippen molar-refractivity contribution >= 4 is 0 Å². The fourth-order valence-electron chi connectivity index (χ4n) is 1.36. The molecule has 0 aromatic heterocycles. The van der Waals surface area contributed by atoms with Gasteiger partial charge in [-0.25, -0.2) is 0 Å². The summed E-state index contributed by atoms with van der Waals surface area (Å²) in [5.74, 6) is 0.812. The summed E-state index contributed by atoms with van der Waals surface area (Å²) in [4.78, 5) is 0. The fraction of sp³-hybridized carbons (Fsp3) is 0.417. The van der Waals surface area contributed by atoms with Gasteiger partial charge < -0.3 is 9.47 Å². The van der Waals surface area contributed by atoms with Crippen molar-refractivity contribution < 1.29 is 9.47 Å². The van der Waals surface area contributed by atoms with Crippen molar-refractivity contribution in [3.8, 4) is 11.8 Å². The number of benzene rings is 1. The maximum Gasteiger partial charge on any atom is 0.125 e. The van der Waals surface area contributed by atoms with E-state index in [1.807, 2.05) is 25.1 Å². The lowest BCUT2D eigenvalue weighted by Crippen LogP contribution is -1.99. The number of ether oxygens (including phenoxy) is 2. The van der Waals surface area contributed by atoms with Crippen LogP contribution in [0.5, 0.6) is 5.75 Å². The molecule has 0 spiro atoms. The van der Waals surface area contributed by atoms with Crippen LogP contribution in [0.2, 0.25) is 0 Å². The second-order valence-corrected chi connectivity index (χ2v) is 3.14. The van der Waals surface area contributed by atoms with Crippen LogP contribution in [0.4, 0.5) is 0 Å². The van der Waals surface area contributed by atoms with Gasteiger partial charge >= 0.3 is 0 Å². The van der Waals surface area contributed by atoms with Gasteiger partial charge in [0.1, 0.15) is 5.75 Å². The molecule has 0 unspecified atom stereocenters. The zero-order chi connectivity index (χ0) is 11.1. The van der Waals surface area contributed by atoms with Crippen LogP contribution in [0.15, 0.2) is 18.2 Å². The fourth-order valence-corrected chi connectivity index (χ4v) is 1.36. The Bertz CT molecular complexity index is 355. The summed E-state index contributed by atoms with van der Waals surface area (Å²) in [5, 5.41) is 8.60. The van der Waals surface area contributed by atoms with Crippen LogP contribution in [-0.4, -0.2) is 13.7 Å². The van der Waals surface area contributed by atoms with Gasteiger partial charge in [0.2, 0.25) is 0 Å². The molecule has 0 saturated carbocycles. The molecule has 0 atom stereocenters. The van der Waals surface area contributed by atoms with Crippen LogP contribution >= 0.6 is 0 Å². The predicted octanol–water partition coefficient (Wildman–Crippen LogP) is 2.30. The summed E-state index contributed by atoms with van der Waals surface area (Å²) in [6.45, 7) is 3.09. The summed E-state index contributed by atoms with van der Waals surface area (Å²) >= 11 is 0. The normalized spacial score (nSPS) is 9.67. The van der Waals surface area contributed by atoms with Gasteiger partial charge in [0.15, 0.2) is 0 Å². The molecular formula is C12H15NO2. The van der Waals surface area contributed by atoms with Crippen LogP contribution < -0.4 is 4.74 Å². The number of hydrogen-bond acceptors (Lipinski definition) is 3. The third kappa shape index (κ3) is 3.26. The molecule has 0 N–H and O–H groups in total. The third-order valence-corrected chi connectivity index (χ3v) is 2.01. The van der Waals surface area contributed by atoms with Gasteiger partial charge in [-0.1, -0.05) is 12.1 Å². The van der Waals surface area contributed by atoms with E-state index in [1.165, 1.54) is 0 Å². The Labute approximate surface area is 90.2 Å². The molecule has 15 heavy (non-hydrogen) atoms. The quantitative estimate of drug-likeness (QED) is 0.740. The van der Waals surface area contributed by atoms with Crippen molar-refractivity contribution in [2.75, 3.05) is 13.7 Å². The minimum atomic E-state index is 0.410. The number of methoxy groups -OCH3 is 1. The Balaban J connectivity index is 2.93. The standard InChI is InChI=1S/C12H15NO2/c1-3-15-12-8-10(6-7-13)4-5-11(12)9-14-2/h4-5,8H,3,6,9H2,1-2H3. The largest absolute Gasteiger partial charge is 0.493 e. The van der Waals surface area contributed by atoms with Crippen LogP contribution in [0.25, 0.3) is 0 Å². The lowest BCUT2D eigenvalue weighted by atomic mass is 10.1. The molecular weight excluding hydrogens is 190 g/mol. The van der Waals surface area contributed by atoms with E-state index < -0.39 is 0 Å². The van der Waals surface area contributed by atoms with Gasteiger partial charge in [0.25, 0.3) is 0 Å². The summed E-state index contributed by atoms with van der Waals surface area (Å²) in [7, 11) is 1.65. The summed E-state index contributed by atoms with van der Waals surface area (Å²) in [6, 6.07) is 7.90. The monoisotopic (exact) mass is 205 g/mol. The molecule has 0 radical (unpaired) electrons. The van der Waals surface area contributed by atoms with Crippen molar-refractivity contribution in [2.45, 2.75) is 20.0 Å². The molecule has 0 amide bonds. The highest BCUT2D eigenvalue weighted by Crippen LogP contribution is 2.21. The second-order valence-electron chi connectivity index (χ2n) is 3.14. The molecule has 0 bridgehead atoms. The Morgan fingerprint density at radius 1 is 1.40 bits per heavy atom. The first-order valence-corrected chi connectivity index (χ1v) is 4.92. The highest BCUT2D eigenvalue weighted by atomic mass is 16.5. The molecule has 0 saturated heterocycles. The van der Waals surface area contributed by atoms with E-state index in [-0.39, 0.29) is 0 Å². The number of hydrogen-bond donors (Lipinski definition) is 0.